The number of rotatable bonds is 0. The Hall–Kier alpha value is -0.940. The molecule has 0 atom stereocenters. The monoisotopic (exact) mass is 161 g/mol. The topological polar surface area (TPSA) is 23.8 Å². The lowest BCUT2D eigenvalue weighted by atomic mass is 10.1. The molecule has 11 heavy (non-hydrogen) atoms. The van der Waals surface area contributed by atoms with Gasteiger partial charge in [-0.25, -0.2) is 0 Å². The summed E-state index contributed by atoms with van der Waals surface area (Å²) in [6.45, 7) is 0. The van der Waals surface area contributed by atoms with Gasteiger partial charge in [-0.1, -0.05) is 6.07 Å². The summed E-state index contributed by atoms with van der Waals surface area (Å²) in [5, 5.41) is 8.74. The molecule has 0 saturated carbocycles. The predicted octanol–water partition coefficient (Wildman–Crippen LogP) is 2.21. The second-order valence-electron chi connectivity index (χ2n) is 2.49. The fourth-order valence-electron chi connectivity index (χ4n) is 1.33. The Kier molecular flexibility index (Phi) is 1.59. The fraction of sp³-hybridized carbons (Fsp3) is 0.222. The van der Waals surface area contributed by atoms with Gasteiger partial charge in [-0.05, 0) is 24.1 Å². The second-order valence-corrected chi connectivity index (χ2v) is 3.63. The third kappa shape index (κ3) is 1.02. The van der Waals surface area contributed by atoms with Crippen molar-refractivity contribution < 1.29 is 0 Å². The van der Waals surface area contributed by atoms with Gasteiger partial charge >= 0.3 is 0 Å². The van der Waals surface area contributed by atoms with E-state index in [9.17, 15) is 0 Å². The first-order valence-corrected chi connectivity index (χ1v) is 4.55. The van der Waals surface area contributed by atoms with Crippen molar-refractivity contribution in [1.29, 1.82) is 5.26 Å². The van der Waals surface area contributed by atoms with Crippen LogP contribution in [0.25, 0.3) is 0 Å². The van der Waals surface area contributed by atoms with Crippen LogP contribution in [0.1, 0.15) is 11.1 Å². The van der Waals surface area contributed by atoms with Gasteiger partial charge in [-0.15, -0.1) is 11.8 Å². The van der Waals surface area contributed by atoms with Crippen LogP contribution in [0, 0.1) is 11.3 Å². The summed E-state index contributed by atoms with van der Waals surface area (Å²) in [4.78, 5) is 1.30. The van der Waals surface area contributed by atoms with E-state index in [4.69, 9.17) is 5.26 Å². The van der Waals surface area contributed by atoms with Crippen molar-refractivity contribution in [2.24, 2.45) is 0 Å². The molecule has 2 rings (SSSR count). The molecule has 0 saturated heterocycles. The minimum atomic E-state index is 0.854. The third-order valence-corrected chi connectivity index (χ3v) is 2.96. The van der Waals surface area contributed by atoms with Gasteiger partial charge in [0.2, 0.25) is 0 Å². The maximum atomic E-state index is 8.74. The van der Waals surface area contributed by atoms with Crippen LogP contribution in [0.4, 0.5) is 0 Å². The molecule has 1 aromatic rings. The van der Waals surface area contributed by atoms with Gasteiger partial charge < -0.3 is 0 Å². The lowest BCUT2D eigenvalue weighted by Gasteiger charge is -1.97. The molecule has 1 nitrogen and oxygen atoms in total. The Morgan fingerprint density at radius 2 is 2.36 bits per heavy atom. The highest BCUT2D eigenvalue weighted by molar-refractivity contribution is 7.99. The van der Waals surface area contributed by atoms with Crippen molar-refractivity contribution in [3.05, 3.63) is 29.3 Å². The van der Waals surface area contributed by atoms with Crippen LogP contribution >= 0.6 is 11.8 Å². The molecule has 0 unspecified atom stereocenters. The number of thioether (sulfide) groups is 1. The minimum absolute atomic E-state index is 0.854. The number of benzene rings is 1. The van der Waals surface area contributed by atoms with E-state index in [1.54, 1.807) is 0 Å². The van der Waals surface area contributed by atoms with E-state index in [1.165, 1.54) is 10.5 Å². The average molecular weight is 161 g/mol. The van der Waals surface area contributed by atoms with Crippen molar-refractivity contribution in [3.63, 3.8) is 0 Å². The predicted molar refractivity (Wildman–Crippen MR) is 45.6 cm³/mol. The minimum Gasteiger partial charge on any atom is -0.192 e. The van der Waals surface area contributed by atoms with Crippen LogP contribution in [0.5, 0.6) is 0 Å². The van der Waals surface area contributed by atoms with E-state index < -0.39 is 0 Å². The summed E-state index contributed by atoms with van der Waals surface area (Å²) in [7, 11) is 0. The van der Waals surface area contributed by atoms with Gasteiger partial charge in [-0.2, -0.15) is 5.26 Å². The fourth-order valence-corrected chi connectivity index (χ4v) is 2.41. The number of hydrogen-bond acceptors (Lipinski definition) is 2. The largest absolute Gasteiger partial charge is 0.192 e. The summed E-state index contributed by atoms with van der Waals surface area (Å²) in [6.07, 6.45) is 1.06. The highest BCUT2D eigenvalue weighted by atomic mass is 32.2. The molecule has 0 spiro atoms. The van der Waals surface area contributed by atoms with Crippen molar-refractivity contribution in [2.75, 3.05) is 5.75 Å². The molecular formula is C9H7NS. The van der Waals surface area contributed by atoms with E-state index in [0.29, 0.717) is 0 Å². The standard InChI is InChI=1S/C9H7NS/c10-6-7-2-1-3-9-8(7)4-5-11-9/h1-3H,4-5H2. The van der Waals surface area contributed by atoms with E-state index in [1.807, 2.05) is 23.9 Å². The molecule has 0 bridgehead atoms. The van der Waals surface area contributed by atoms with Gasteiger partial charge in [0.1, 0.15) is 0 Å². The molecule has 0 radical (unpaired) electrons. The summed E-state index contributed by atoms with van der Waals surface area (Å²) >= 11 is 1.85. The highest BCUT2D eigenvalue weighted by Crippen LogP contribution is 2.32. The van der Waals surface area contributed by atoms with Crippen molar-refractivity contribution in [3.8, 4) is 6.07 Å². The highest BCUT2D eigenvalue weighted by Gasteiger charge is 2.13. The lowest BCUT2D eigenvalue weighted by Crippen LogP contribution is -1.85. The van der Waals surface area contributed by atoms with Crippen LogP contribution in [0.3, 0.4) is 0 Å². The molecular weight excluding hydrogens is 154 g/mol. The van der Waals surface area contributed by atoms with Gasteiger partial charge in [0.05, 0.1) is 11.6 Å². The Morgan fingerprint density at radius 3 is 3.18 bits per heavy atom. The van der Waals surface area contributed by atoms with Crippen LogP contribution in [0.2, 0.25) is 0 Å². The third-order valence-electron chi connectivity index (χ3n) is 1.86. The normalized spacial score (nSPS) is 14.1. The maximum Gasteiger partial charge on any atom is 0.0994 e. The van der Waals surface area contributed by atoms with Gasteiger partial charge in [0.15, 0.2) is 0 Å². The zero-order chi connectivity index (χ0) is 7.68. The SMILES string of the molecule is N#Cc1cccc2c1CCS2. The van der Waals surface area contributed by atoms with Crippen molar-refractivity contribution >= 4 is 11.8 Å². The van der Waals surface area contributed by atoms with Crippen molar-refractivity contribution in [1.82, 2.24) is 0 Å². The van der Waals surface area contributed by atoms with Crippen molar-refractivity contribution in [2.45, 2.75) is 11.3 Å². The molecule has 1 aromatic carbocycles. The zero-order valence-corrected chi connectivity index (χ0v) is 6.82. The Morgan fingerprint density at radius 1 is 1.45 bits per heavy atom. The molecule has 1 heterocycles. The van der Waals surface area contributed by atoms with Crippen LogP contribution in [0.15, 0.2) is 23.1 Å². The number of hydrogen-bond donors (Lipinski definition) is 0. The first-order valence-electron chi connectivity index (χ1n) is 3.56. The summed E-state index contributed by atoms with van der Waals surface area (Å²) < 4.78 is 0. The molecule has 0 fully saturated rings. The molecule has 1 aliphatic heterocycles. The van der Waals surface area contributed by atoms with E-state index in [-0.39, 0.29) is 0 Å². The molecule has 0 N–H and O–H groups in total. The smallest absolute Gasteiger partial charge is 0.0994 e. The second kappa shape index (κ2) is 2.60. The van der Waals surface area contributed by atoms with E-state index in [0.717, 1.165) is 17.7 Å². The van der Waals surface area contributed by atoms with Crippen LogP contribution in [-0.2, 0) is 6.42 Å². The molecule has 0 aromatic heterocycles. The number of nitriles is 1. The molecule has 0 amide bonds. The Bertz CT molecular complexity index is 325. The molecule has 0 aliphatic carbocycles. The average Bonchev–Trinajstić information content (AvgIpc) is 2.50. The summed E-state index contributed by atoms with van der Waals surface area (Å²) in [5.74, 6) is 1.13. The van der Waals surface area contributed by atoms with Gasteiger partial charge in [0, 0.05) is 10.6 Å². The first-order chi connectivity index (χ1) is 5.42. The molecule has 1 aliphatic rings. The zero-order valence-electron chi connectivity index (χ0n) is 6.00. The first kappa shape index (κ1) is 6.75. The Balaban J connectivity index is 2.61. The quantitative estimate of drug-likeness (QED) is 0.582. The van der Waals surface area contributed by atoms with Gasteiger partial charge in [0.25, 0.3) is 0 Å². The lowest BCUT2D eigenvalue weighted by molar-refractivity contribution is 1.13. The summed E-state index contributed by atoms with van der Waals surface area (Å²) in [5.41, 5.74) is 2.10. The van der Waals surface area contributed by atoms with Crippen LogP contribution < -0.4 is 0 Å². The summed E-state index contributed by atoms with van der Waals surface area (Å²) in [6, 6.07) is 8.15. The Labute approximate surface area is 70.0 Å². The maximum absolute atomic E-state index is 8.74. The number of fused-ring (bicyclic) bond motifs is 1. The number of nitrogens with zero attached hydrogens (tertiary/aromatic N) is 1. The molecule has 54 valence electrons. The van der Waals surface area contributed by atoms with Crippen LogP contribution in [-0.4, -0.2) is 5.75 Å². The van der Waals surface area contributed by atoms with Gasteiger partial charge in [-0.3, -0.25) is 0 Å². The van der Waals surface area contributed by atoms with E-state index >= 15 is 0 Å². The van der Waals surface area contributed by atoms with E-state index in [2.05, 4.69) is 12.1 Å². The molecule has 2 heteroatoms.